The van der Waals surface area contributed by atoms with Crippen LogP contribution in [0.25, 0.3) is 10.9 Å². The van der Waals surface area contributed by atoms with Crippen molar-refractivity contribution in [3.8, 4) is 0 Å². The number of aromatic amines is 1. The van der Waals surface area contributed by atoms with Crippen LogP contribution >= 0.6 is 15.9 Å². The number of aromatic nitrogens is 1. The molecule has 0 saturated heterocycles. The van der Waals surface area contributed by atoms with Crippen molar-refractivity contribution in [2.75, 3.05) is 0 Å². The number of primary amides is 1. The van der Waals surface area contributed by atoms with Crippen molar-refractivity contribution < 1.29 is 9.18 Å². The predicted molar refractivity (Wildman–Crippen MR) is 54.5 cm³/mol. The third-order valence-electron chi connectivity index (χ3n) is 1.99. The summed E-state index contributed by atoms with van der Waals surface area (Å²) in [5.41, 5.74) is 5.41. The first-order chi connectivity index (χ1) is 6.61. The van der Waals surface area contributed by atoms with Gasteiger partial charge in [0.1, 0.15) is 5.56 Å². The van der Waals surface area contributed by atoms with E-state index in [-0.39, 0.29) is 10.0 Å². The van der Waals surface area contributed by atoms with Gasteiger partial charge in [-0.2, -0.15) is 0 Å². The van der Waals surface area contributed by atoms with E-state index in [1.54, 1.807) is 18.3 Å². The number of amides is 1. The van der Waals surface area contributed by atoms with Crippen LogP contribution in [0.4, 0.5) is 4.39 Å². The molecule has 0 aliphatic heterocycles. The van der Waals surface area contributed by atoms with E-state index in [0.29, 0.717) is 5.52 Å². The Bertz CT molecular complexity index is 521. The molecule has 5 heteroatoms. The first kappa shape index (κ1) is 9.21. The summed E-state index contributed by atoms with van der Waals surface area (Å²) < 4.78 is 13.7. The largest absolute Gasteiger partial charge is 0.365 e. The van der Waals surface area contributed by atoms with E-state index in [9.17, 15) is 9.18 Å². The average molecular weight is 257 g/mol. The molecule has 1 amide bonds. The second kappa shape index (κ2) is 3.09. The van der Waals surface area contributed by atoms with Gasteiger partial charge in [0.15, 0.2) is 5.82 Å². The summed E-state index contributed by atoms with van der Waals surface area (Å²) >= 11 is 3.02. The van der Waals surface area contributed by atoms with Gasteiger partial charge in [-0.1, -0.05) is 0 Å². The van der Waals surface area contributed by atoms with Gasteiger partial charge < -0.3 is 10.7 Å². The molecule has 0 aliphatic rings. The van der Waals surface area contributed by atoms with E-state index in [1.165, 1.54) is 0 Å². The van der Waals surface area contributed by atoms with Crippen LogP contribution < -0.4 is 5.73 Å². The topological polar surface area (TPSA) is 58.9 Å². The molecular formula is C9H6BrFN2O. The third kappa shape index (κ3) is 1.21. The Morgan fingerprint density at radius 3 is 2.93 bits per heavy atom. The number of nitrogens with one attached hydrogen (secondary N) is 1. The lowest BCUT2D eigenvalue weighted by molar-refractivity contribution is 0.0998. The fourth-order valence-corrected chi connectivity index (χ4v) is 1.82. The van der Waals surface area contributed by atoms with Crippen LogP contribution in [0.2, 0.25) is 0 Å². The van der Waals surface area contributed by atoms with Crippen molar-refractivity contribution in [1.82, 2.24) is 4.98 Å². The number of fused-ring (bicyclic) bond motifs is 1. The molecule has 0 unspecified atom stereocenters. The van der Waals surface area contributed by atoms with Gasteiger partial charge in [-0.3, -0.25) is 4.79 Å². The summed E-state index contributed by atoms with van der Waals surface area (Å²) in [6.07, 6.45) is 1.63. The van der Waals surface area contributed by atoms with Crippen LogP contribution in [-0.2, 0) is 0 Å². The number of H-pyrrole nitrogens is 1. The van der Waals surface area contributed by atoms with Gasteiger partial charge in [0.05, 0.1) is 9.99 Å². The zero-order valence-corrected chi connectivity index (χ0v) is 8.56. The van der Waals surface area contributed by atoms with Crippen molar-refractivity contribution in [2.24, 2.45) is 5.73 Å². The monoisotopic (exact) mass is 256 g/mol. The SMILES string of the molecule is NC(=O)c1c(F)c(Br)cc2cc[nH]c12. The van der Waals surface area contributed by atoms with Crippen molar-refractivity contribution >= 4 is 32.7 Å². The highest BCUT2D eigenvalue weighted by Gasteiger charge is 2.16. The molecule has 0 atom stereocenters. The van der Waals surface area contributed by atoms with E-state index >= 15 is 0 Å². The summed E-state index contributed by atoms with van der Waals surface area (Å²) in [5.74, 6) is -1.41. The summed E-state index contributed by atoms with van der Waals surface area (Å²) in [4.78, 5) is 13.8. The number of carbonyl (C=O) groups excluding carboxylic acids is 1. The average Bonchev–Trinajstić information content (AvgIpc) is 2.52. The minimum Gasteiger partial charge on any atom is -0.365 e. The number of halogens is 2. The second-order valence-corrected chi connectivity index (χ2v) is 3.71. The number of benzene rings is 1. The molecule has 3 N–H and O–H groups in total. The van der Waals surface area contributed by atoms with Gasteiger partial charge in [0.25, 0.3) is 5.91 Å². The highest BCUT2D eigenvalue weighted by atomic mass is 79.9. The van der Waals surface area contributed by atoms with E-state index in [2.05, 4.69) is 20.9 Å². The van der Waals surface area contributed by atoms with Crippen LogP contribution in [0.1, 0.15) is 10.4 Å². The third-order valence-corrected chi connectivity index (χ3v) is 2.56. The first-order valence-corrected chi connectivity index (χ1v) is 4.65. The van der Waals surface area contributed by atoms with E-state index in [0.717, 1.165) is 5.39 Å². The molecule has 3 nitrogen and oxygen atoms in total. The van der Waals surface area contributed by atoms with Crippen molar-refractivity contribution in [3.05, 3.63) is 34.2 Å². The van der Waals surface area contributed by atoms with Crippen LogP contribution in [0.15, 0.2) is 22.8 Å². The lowest BCUT2D eigenvalue weighted by Gasteiger charge is -2.02. The maximum absolute atomic E-state index is 13.5. The Morgan fingerprint density at radius 1 is 1.57 bits per heavy atom. The fourth-order valence-electron chi connectivity index (χ4n) is 1.38. The Balaban J connectivity index is 2.93. The Labute approximate surface area is 87.2 Å². The lowest BCUT2D eigenvalue weighted by Crippen LogP contribution is -2.14. The van der Waals surface area contributed by atoms with Gasteiger partial charge in [0, 0.05) is 11.6 Å². The van der Waals surface area contributed by atoms with Crippen molar-refractivity contribution in [2.45, 2.75) is 0 Å². The van der Waals surface area contributed by atoms with Crippen LogP contribution in [0, 0.1) is 5.82 Å². The Hall–Kier alpha value is -1.36. The number of carbonyl (C=O) groups is 1. The minimum absolute atomic E-state index is 0.112. The van der Waals surface area contributed by atoms with E-state index in [4.69, 9.17) is 5.73 Å². The molecule has 14 heavy (non-hydrogen) atoms. The molecule has 0 radical (unpaired) electrons. The Kier molecular flexibility index (Phi) is 2.03. The zero-order valence-electron chi connectivity index (χ0n) is 6.97. The highest BCUT2D eigenvalue weighted by molar-refractivity contribution is 9.10. The van der Waals surface area contributed by atoms with Crippen LogP contribution in [-0.4, -0.2) is 10.9 Å². The number of rotatable bonds is 1. The molecule has 0 bridgehead atoms. The molecular weight excluding hydrogens is 251 g/mol. The second-order valence-electron chi connectivity index (χ2n) is 2.85. The minimum atomic E-state index is -0.781. The molecule has 1 aromatic heterocycles. The molecule has 0 aliphatic carbocycles. The molecule has 0 saturated carbocycles. The molecule has 0 fully saturated rings. The molecule has 1 aromatic carbocycles. The molecule has 0 spiro atoms. The number of nitrogens with two attached hydrogens (primary N) is 1. The van der Waals surface area contributed by atoms with E-state index < -0.39 is 11.7 Å². The smallest absolute Gasteiger partial charge is 0.253 e. The number of hydrogen-bond donors (Lipinski definition) is 2. The van der Waals surface area contributed by atoms with Crippen LogP contribution in [0.3, 0.4) is 0 Å². The standard InChI is InChI=1S/C9H6BrFN2O/c10-5-3-4-1-2-13-8(4)6(7(5)11)9(12)14/h1-3,13H,(H2,12,14). The Morgan fingerprint density at radius 2 is 2.29 bits per heavy atom. The highest BCUT2D eigenvalue weighted by Crippen LogP contribution is 2.27. The zero-order chi connectivity index (χ0) is 10.3. The maximum Gasteiger partial charge on any atom is 0.253 e. The predicted octanol–water partition coefficient (Wildman–Crippen LogP) is 2.17. The maximum atomic E-state index is 13.5. The van der Waals surface area contributed by atoms with Crippen LogP contribution in [0.5, 0.6) is 0 Å². The van der Waals surface area contributed by atoms with Crippen molar-refractivity contribution in [3.63, 3.8) is 0 Å². The summed E-state index contributed by atoms with van der Waals surface area (Å²) in [6.45, 7) is 0. The van der Waals surface area contributed by atoms with Gasteiger partial charge in [-0.05, 0) is 28.1 Å². The van der Waals surface area contributed by atoms with Gasteiger partial charge in [0.2, 0.25) is 0 Å². The normalized spacial score (nSPS) is 10.7. The molecule has 1 heterocycles. The lowest BCUT2D eigenvalue weighted by atomic mass is 10.1. The van der Waals surface area contributed by atoms with Gasteiger partial charge in [-0.15, -0.1) is 0 Å². The fraction of sp³-hybridized carbons (Fsp3) is 0. The van der Waals surface area contributed by atoms with Gasteiger partial charge in [-0.25, -0.2) is 4.39 Å². The first-order valence-electron chi connectivity index (χ1n) is 3.86. The van der Waals surface area contributed by atoms with Gasteiger partial charge >= 0.3 is 0 Å². The molecule has 2 rings (SSSR count). The van der Waals surface area contributed by atoms with Crippen molar-refractivity contribution in [1.29, 1.82) is 0 Å². The number of hydrogen-bond acceptors (Lipinski definition) is 1. The van der Waals surface area contributed by atoms with E-state index in [1.807, 2.05) is 0 Å². The molecule has 72 valence electrons. The summed E-state index contributed by atoms with van der Waals surface area (Å²) in [5, 5.41) is 0.743. The quantitative estimate of drug-likeness (QED) is 0.808. The summed E-state index contributed by atoms with van der Waals surface area (Å²) in [7, 11) is 0. The summed E-state index contributed by atoms with van der Waals surface area (Å²) in [6, 6.07) is 3.33. The molecule has 2 aromatic rings.